The largest absolute Gasteiger partial charge is 0.478 e. The number of nitrogens with one attached hydrogen (secondary N) is 1. The second-order valence-corrected chi connectivity index (χ2v) is 11.3. The molecule has 216 valence electrons. The summed E-state index contributed by atoms with van der Waals surface area (Å²) in [6, 6.07) is 23.4. The summed E-state index contributed by atoms with van der Waals surface area (Å²) in [6.07, 6.45) is 11.0. The Bertz CT molecular complexity index is 1380. The fourth-order valence-electron chi connectivity index (χ4n) is 5.64. The molecule has 1 aliphatic heterocycles. The number of rotatable bonds is 11. The van der Waals surface area contributed by atoms with Crippen LogP contribution >= 0.6 is 0 Å². The van der Waals surface area contributed by atoms with E-state index >= 15 is 0 Å². The Labute approximate surface area is 244 Å². The molecule has 0 bridgehead atoms. The quantitative estimate of drug-likeness (QED) is 0.145. The van der Waals surface area contributed by atoms with Crippen molar-refractivity contribution in [2.75, 3.05) is 19.6 Å². The van der Waals surface area contributed by atoms with Crippen LogP contribution in [0.1, 0.15) is 95.2 Å². The summed E-state index contributed by atoms with van der Waals surface area (Å²) in [7, 11) is 0. The summed E-state index contributed by atoms with van der Waals surface area (Å²) in [5.41, 5.74) is 6.14. The number of nitrogens with zero attached hydrogens (tertiary/aromatic N) is 1. The number of hydrogen-bond acceptors (Lipinski definition) is 3. The molecule has 3 aromatic carbocycles. The van der Waals surface area contributed by atoms with Crippen LogP contribution in [0.25, 0.3) is 10.9 Å². The van der Waals surface area contributed by atoms with E-state index in [9.17, 15) is 9.59 Å². The van der Waals surface area contributed by atoms with Gasteiger partial charge in [0.15, 0.2) is 5.78 Å². The number of ketones is 1. The van der Waals surface area contributed by atoms with Crippen molar-refractivity contribution in [2.45, 2.75) is 71.1 Å². The second kappa shape index (κ2) is 15.3. The van der Waals surface area contributed by atoms with E-state index in [0.29, 0.717) is 17.9 Å². The summed E-state index contributed by atoms with van der Waals surface area (Å²) < 4.78 is 0. The number of benzene rings is 3. The molecule has 1 aliphatic rings. The van der Waals surface area contributed by atoms with Gasteiger partial charge in [0.2, 0.25) is 0 Å². The molecule has 1 aromatic heterocycles. The van der Waals surface area contributed by atoms with Crippen molar-refractivity contribution in [1.82, 2.24) is 9.88 Å². The number of carbonyl (C=O) groups excluding carboxylic acids is 1. The van der Waals surface area contributed by atoms with Gasteiger partial charge >= 0.3 is 5.97 Å². The van der Waals surface area contributed by atoms with Gasteiger partial charge in [-0.05, 0) is 106 Å². The van der Waals surface area contributed by atoms with Crippen LogP contribution in [0.5, 0.6) is 0 Å². The molecule has 41 heavy (non-hydrogen) atoms. The van der Waals surface area contributed by atoms with Gasteiger partial charge in [0.25, 0.3) is 0 Å². The number of aromatic amines is 1. The molecule has 1 saturated heterocycles. The summed E-state index contributed by atoms with van der Waals surface area (Å²) >= 11 is 0. The molecule has 0 aliphatic carbocycles. The van der Waals surface area contributed by atoms with E-state index in [1.807, 2.05) is 19.1 Å². The lowest BCUT2D eigenvalue weighted by molar-refractivity contribution is 0.0696. The molecule has 0 saturated carbocycles. The maximum absolute atomic E-state index is 12.8. The average Bonchev–Trinajstić information content (AvgIpc) is 3.42. The van der Waals surface area contributed by atoms with Gasteiger partial charge < -0.3 is 15.0 Å². The zero-order valence-corrected chi connectivity index (χ0v) is 24.6. The number of H-pyrrole nitrogens is 1. The van der Waals surface area contributed by atoms with Crippen LogP contribution in [0.3, 0.4) is 0 Å². The molecule has 5 heteroatoms. The zero-order valence-electron chi connectivity index (χ0n) is 24.6. The van der Waals surface area contributed by atoms with Crippen molar-refractivity contribution >= 4 is 22.7 Å². The summed E-state index contributed by atoms with van der Waals surface area (Å²) in [5, 5.41) is 9.72. The molecule has 0 atom stereocenters. The lowest BCUT2D eigenvalue weighted by Crippen LogP contribution is -2.33. The molecule has 0 unspecified atom stereocenters. The number of likely N-dealkylation sites (tertiary alicyclic amines) is 1. The first-order chi connectivity index (χ1) is 19.9. The number of piperidine rings is 1. The number of aryl methyl sites for hydroxylation is 2. The number of carbonyl (C=O) groups is 2. The van der Waals surface area contributed by atoms with Crippen LogP contribution in [-0.2, 0) is 6.42 Å². The summed E-state index contributed by atoms with van der Waals surface area (Å²) in [6.45, 7) is 7.82. The number of aromatic carboxylic acids is 1. The molecular weight excluding hydrogens is 508 g/mol. The first-order valence-electron chi connectivity index (χ1n) is 15.1. The number of fused-ring (bicyclic) bond motifs is 1. The van der Waals surface area contributed by atoms with Crippen LogP contribution in [0, 0.1) is 6.92 Å². The van der Waals surface area contributed by atoms with Gasteiger partial charge in [-0.15, -0.1) is 0 Å². The highest BCUT2D eigenvalue weighted by atomic mass is 16.4. The Morgan fingerprint density at radius 1 is 0.902 bits per heavy atom. The van der Waals surface area contributed by atoms with Crippen molar-refractivity contribution in [3.05, 3.63) is 107 Å². The minimum Gasteiger partial charge on any atom is -0.478 e. The Morgan fingerprint density at radius 3 is 2.29 bits per heavy atom. The predicted octanol–water partition coefficient (Wildman–Crippen LogP) is 8.44. The van der Waals surface area contributed by atoms with E-state index in [4.69, 9.17) is 5.11 Å². The number of aromatic nitrogens is 1. The topological polar surface area (TPSA) is 73.4 Å². The zero-order chi connectivity index (χ0) is 29.0. The summed E-state index contributed by atoms with van der Waals surface area (Å²) in [4.78, 5) is 29.2. The minimum absolute atomic E-state index is 0.260. The third-order valence-electron chi connectivity index (χ3n) is 8.15. The molecule has 0 spiro atoms. The Morgan fingerprint density at radius 2 is 1.61 bits per heavy atom. The molecule has 0 amide bonds. The first kappa shape index (κ1) is 30.3. The van der Waals surface area contributed by atoms with Crippen molar-refractivity contribution in [3.8, 4) is 0 Å². The van der Waals surface area contributed by atoms with Crippen molar-refractivity contribution in [2.24, 2.45) is 0 Å². The van der Waals surface area contributed by atoms with E-state index in [1.165, 1.54) is 68.3 Å². The van der Waals surface area contributed by atoms with Crippen molar-refractivity contribution < 1.29 is 14.7 Å². The molecule has 4 aromatic rings. The van der Waals surface area contributed by atoms with Gasteiger partial charge in [-0.1, -0.05) is 67.8 Å². The SMILES string of the molecule is CCCCCN1CCC(c2c[nH]c3ccc(C(=O)CCCc4ccccc4)cc23)CC1.Cc1ccc(C(=O)O)cc1. The first-order valence-corrected chi connectivity index (χ1v) is 15.1. The van der Waals surface area contributed by atoms with E-state index in [2.05, 4.69) is 59.4 Å². The average molecular weight is 553 g/mol. The highest BCUT2D eigenvalue weighted by molar-refractivity contribution is 6.00. The van der Waals surface area contributed by atoms with E-state index in [0.717, 1.165) is 29.5 Å². The van der Waals surface area contributed by atoms with Gasteiger partial charge in [0, 0.05) is 29.1 Å². The van der Waals surface area contributed by atoms with E-state index < -0.39 is 5.97 Å². The lowest BCUT2D eigenvalue weighted by atomic mass is 9.88. The minimum atomic E-state index is -0.875. The molecule has 0 radical (unpaired) electrons. The van der Waals surface area contributed by atoms with Crippen LogP contribution in [0.4, 0.5) is 0 Å². The van der Waals surface area contributed by atoms with Gasteiger partial charge in [-0.3, -0.25) is 4.79 Å². The third-order valence-corrected chi connectivity index (χ3v) is 8.15. The molecular formula is C36H44N2O3. The number of hydrogen-bond donors (Lipinski definition) is 2. The Balaban J connectivity index is 0.000000328. The smallest absolute Gasteiger partial charge is 0.335 e. The van der Waals surface area contributed by atoms with E-state index in [-0.39, 0.29) is 5.78 Å². The third kappa shape index (κ3) is 8.89. The highest BCUT2D eigenvalue weighted by Gasteiger charge is 2.23. The number of Topliss-reactive ketones (excluding diaryl/α,β-unsaturated/α-hetero) is 1. The van der Waals surface area contributed by atoms with Crippen molar-refractivity contribution in [1.29, 1.82) is 0 Å². The number of carboxylic acid groups (broad SMARTS) is 1. The number of unbranched alkanes of at least 4 members (excludes halogenated alkanes) is 2. The van der Waals surface area contributed by atoms with Gasteiger partial charge in [0.1, 0.15) is 0 Å². The van der Waals surface area contributed by atoms with Gasteiger partial charge in [-0.2, -0.15) is 0 Å². The molecule has 2 N–H and O–H groups in total. The fraction of sp³-hybridized carbons (Fsp3) is 0.389. The van der Waals surface area contributed by atoms with Gasteiger partial charge in [0.05, 0.1) is 5.56 Å². The molecule has 5 rings (SSSR count). The van der Waals surface area contributed by atoms with Crippen LogP contribution in [-0.4, -0.2) is 46.4 Å². The predicted molar refractivity (Wildman–Crippen MR) is 168 cm³/mol. The highest BCUT2D eigenvalue weighted by Crippen LogP contribution is 2.34. The van der Waals surface area contributed by atoms with Crippen LogP contribution in [0.2, 0.25) is 0 Å². The Hall–Kier alpha value is -3.70. The van der Waals surface area contributed by atoms with Crippen LogP contribution in [0.15, 0.2) is 79.0 Å². The second-order valence-electron chi connectivity index (χ2n) is 11.3. The van der Waals surface area contributed by atoms with Gasteiger partial charge in [-0.25, -0.2) is 4.79 Å². The Kier molecular flexibility index (Phi) is 11.3. The molecule has 5 nitrogen and oxygen atoms in total. The normalized spacial score (nSPS) is 14.0. The molecule has 1 fully saturated rings. The maximum atomic E-state index is 12.8. The van der Waals surface area contributed by atoms with Crippen LogP contribution < -0.4 is 0 Å². The standard InChI is InChI=1S/C28H36N2O.C8H8O2/c1-2-3-7-17-30-18-15-23(16-19-30)26-21-29-27-14-13-24(20-25(26)27)28(31)12-8-11-22-9-5-4-6-10-22;1-6-2-4-7(5-3-6)8(9)10/h4-6,9-10,13-14,20-21,23,29H,2-3,7-8,11-12,15-19H2,1H3;2-5H,1H3,(H,9,10). The monoisotopic (exact) mass is 552 g/mol. The molecule has 2 heterocycles. The fourth-order valence-corrected chi connectivity index (χ4v) is 5.64. The number of carboxylic acids is 1. The maximum Gasteiger partial charge on any atom is 0.335 e. The summed E-state index contributed by atoms with van der Waals surface area (Å²) in [5.74, 6) is -0.0182. The lowest BCUT2D eigenvalue weighted by Gasteiger charge is -2.32. The van der Waals surface area contributed by atoms with Crippen molar-refractivity contribution in [3.63, 3.8) is 0 Å². The van der Waals surface area contributed by atoms with E-state index in [1.54, 1.807) is 24.3 Å².